The molecular formula is C16H19FN2O2. The molecule has 1 N–H and O–H groups in total. The molecule has 5 heteroatoms. The smallest absolute Gasteiger partial charge is 0.251 e. The molecule has 21 heavy (non-hydrogen) atoms. The second kappa shape index (κ2) is 7.21. The molecule has 1 aliphatic heterocycles. The highest BCUT2D eigenvalue weighted by Gasteiger charge is 2.22. The Bertz CT molecular complexity index is 538. The Hall–Kier alpha value is -1.90. The van der Waals surface area contributed by atoms with Crippen LogP contribution in [0.4, 0.5) is 4.39 Å². The van der Waals surface area contributed by atoms with Gasteiger partial charge in [-0.25, -0.2) is 4.39 Å². The van der Waals surface area contributed by atoms with E-state index < -0.39 is 6.10 Å². The Balaban J connectivity index is 1.79. The Kier molecular flexibility index (Phi) is 5.32. The van der Waals surface area contributed by atoms with Crippen molar-refractivity contribution in [2.24, 2.45) is 0 Å². The quantitative estimate of drug-likeness (QED) is 0.816. The molecule has 0 radical (unpaired) electrons. The molecule has 4 nitrogen and oxygen atoms in total. The number of halogens is 1. The molecule has 1 aromatic carbocycles. The molecular weight excluding hydrogens is 271 g/mol. The minimum Gasteiger partial charge on any atom is -0.384 e. The average Bonchev–Trinajstić information content (AvgIpc) is 2.49. The second-order valence-electron chi connectivity index (χ2n) is 5.09. The fourth-order valence-electron chi connectivity index (χ4n) is 2.18. The third kappa shape index (κ3) is 4.55. The van der Waals surface area contributed by atoms with Crippen LogP contribution in [0, 0.1) is 17.7 Å². The number of hydrogen-bond acceptors (Lipinski definition) is 3. The van der Waals surface area contributed by atoms with Gasteiger partial charge in [0.2, 0.25) is 0 Å². The van der Waals surface area contributed by atoms with Crippen LogP contribution in [0.1, 0.15) is 12.5 Å². The summed E-state index contributed by atoms with van der Waals surface area (Å²) >= 11 is 0. The molecule has 112 valence electrons. The zero-order valence-electron chi connectivity index (χ0n) is 12.1. The number of carbonyl (C=O) groups is 1. The van der Waals surface area contributed by atoms with Gasteiger partial charge < -0.3 is 10.0 Å². The summed E-state index contributed by atoms with van der Waals surface area (Å²) in [4.78, 5) is 15.5. The first kappa shape index (κ1) is 15.5. The van der Waals surface area contributed by atoms with Crippen LogP contribution in [-0.2, 0) is 4.79 Å². The number of amides is 1. The molecule has 0 spiro atoms. The maximum atomic E-state index is 12.8. The van der Waals surface area contributed by atoms with Crippen molar-refractivity contribution in [3.05, 3.63) is 35.6 Å². The van der Waals surface area contributed by atoms with Crippen LogP contribution in [0.2, 0.25) is 0 Å². The van der Waals surface area contributed by atoms with Crippen molar-refractivity contribution >= 4 is 5.91 Å². The van der Waals surface area contributed by atoms with Crippen LogP contribution in [0.5, 0.6) is 0 Å². The topological polar surface area (TPSA) is 43.8 Å². The number of rotatable bonds is 2. The Labute approximate surface area is 124 Å². The number of aliphatic hydroxyl groups excluding tert-OH is 1. The number of hydrogen-bond donors (Lipinski definition) is 1. The highest BCUT2D eigenvalue weighted by Crippen LogP contribution is 2.04. The molecule has 1 amide bonds. The standard InChI is InChI=1S/C16H19FN2O2/c1-13(20)16(21)19-11-9-18(10-12-19)8-2-3-14-4-6-15(17)7-5-14/h4-7,13,20H,8-12H2,1H3. The summed E-state index contributed by atoms with van der Waals surface area (Å²) in [6, 6.07) is 6.10. The van der Waals surface area contributed by atoms with Gasteiger partial charge in [-0.2, -0.15) is 0 Å². The summed E-state index contributed by atoms with van der Waals surface area (Å²) in [5, 5.41) is 9.27. The molecule has 1 aromatic rings. The Morgan fingerprint density at radius 2 is 1.90 bits per heavy atom. The van der Waals surface area contributed by atoms with E-state index in [1.807, 2.05) is 0 Å². The zero-order valence-corrected chi connectivity index (χ0v) is 12.1. The van der Waals surface area contributed by atoms with Crippen molar-refractivity contribution < 1.29 is 14.3 Å². The lowest BCUT2D eigenvalue weighted by molar-refractivity contribution is -0.140. The van der Waals surface area contributed by atoms with E-state index in [0.29, 0.717) is 19.6 Å². The Morgan fingerprint density at radius 1 is 1.29 bits per heavy atom. The monoisotopic (exact) mass is 290 g/mol. The average molecular weight is 290 g/mol. The van der Waals surface area contributed by atoms with Gasteiger partial charge in [-0.15, -0.1) is 0 Å². The first-order valence-electron chi connectivity index (χ1n) is 7.00. The molecule has 0 aliphatic carbocycles. The highest BCUT2D eigenvalue weighted by atomic mass is 19.1. The van der Waals surface area contributed by atoms with Gasteiger partial charge in [-0.05, 0) is 31.2 Å². The van der Waals surface area contributed by atoms with Gasteiger partial charge in [-0.3, -0.25) is 9.69 Å². The van der Waals surface area contributed by atoms with Crippen molar-refractivity contribution in [2.45, 2.75) is 13.0 Å². The molecule has 1 heterocycles. The van der Waals surface area contributed by atoms with E-state index in [1.165, 1.54) is 19.1 Å². The van der Waals surface area contributed by atoms with Crippen LogP contribution < -0.4 is 0 Å². The summed E-state index contributed by atoms with van der Waals surface area (Å²) in [6.07, 6.45) is -0.935. The van der Waals surface area contributed by atoms with E-state index >= 15 is 0 Å². The molecule has 0 bridgehead atoms. The van der Waals surface area contributed by atoms with E-state index in [9.17, 15) is 14.3 Å². The van der Waals surface area contributed by atoms with Gasteiger partial charge in [0.1, 0.15) is 11.9 Å². The van der Waals surface area contributed by atoms with Crippen molar-refractivity contribution in [3.63, 3.8) is 0 Å². The summed E-state index contributed by atoms with van der Waals surface area (Å²) in [6.45, 7) is 4.83. The SMILES string of the molecule is CC(O)C(=O)N1CCN(CC#Cc2ccc(F)cc2)CC1. The van der Waals surface area contributed by atoms with E-state index in [2.05, 4.69) is 16.7 Å². The summed E-state index contributed by atoms with van der Waals surface area (Å²) in [5.41, 5.74) is 0.791. The van der Waals surface area contributed by atoms with Gasteiger partial charge in [-0.1, -0.05) is 11.8 Å². The Morgan fingerprint density at radius 3 is 2.48 bits per heavy atom. The van der Waals surface area contributed by atoms with E-state index in [1.54, 1.807) is 17.0 Å². The molecule has 0 aromatic heterocycles. The van der Waals surface area contributed by atoms with Gasteiger partial charge in [0.15, 0.2) is 0 Å². The number of benzene rings is 1. The molecule has 1 saturated heterocycles. The number of piperazine rings is 1. The third-order valence-electron chi connectivity index (χ3n) is 3.42. The molecule has 1 atom stereocenters. The van der Waals surface area contributed by atoms with Crippen LogP contribution in [0.3, 0.4) is 0 Å². The first-order valence-corrected chi connectivity index (χ1v) is 7.00. The molecule has 1 aliphatic rings. The lowest BCUT2D eigenvalue weighted by atomic mass is 10.2. The highest BCUT2D eigenvalue weighted by molar-refractivity contribution is 5.80. The van der Waals surface area contributed by atoms with Crippen LogP contribution >= 0.6 is 0 Å². The van der Waals surface area contributed by atoms with Crippen molar-refractivity contribution in [1.82, 2.24) is 9.80 Å². The van der Waals surface area contributed by atoms with Crippen molar-refractivity contribution in [2.75, 3.05) is 32.7 Å². The molecule has 0 saturated carbocycles. The predicted octanol–water partition coefficient (Wildman–Crippen LogP) is 0.702. The normalized spacial score (nSPS) is 17.0. The molecule has 2 rings (SSSR count). The number of aliphatic hydroxyl groups is 1. The third-order valence-corrected chi connectivity index (χ3v) is 3.42. The lowest BCUT2D eigenvalue weighted by Crippen LogP contribution is -2.51. The lowest BCUT2D eigenvalue weighted by Gasteiger charge is -2.34. The van der Waals surface area contributed by atoms with Crippen molar-refractivity contribution in [1.29, 1.82) is 0 Å². The van der Waals surface area contributed by atoms with Crippen LogP contribution in [0.15, 0.2) is 24.3 Å². The van der Waals surface area contributed by atoms with Gasteiger partial charge in [0.05, 0.1) is 6.54 Å². The summed E-state index contributed by atoms with van der Waals surface area (Å²) < 4.78 is 12.8. The van der Waals surface area contributed by atoms with Crippen LogP contribution in [-0.4, -0.2) is 59.6 Å². The second-order valence-corrected chi connectivity index (χ2v) is 5.09. The number of carbonyl (C=O) groups excluding carboxylic acids is 1. The fraction of sp³-hybridized carbons (Fsp3) is 0.438. The van der Waals surface area contributed by atoms with Gasteiger partial charge in [0, 0.05) is 31.7 Å². The molecule has 1 fully saturated rings. The minimum atomic E-state index is -0.935. The van der Waals surface area contributed by atoms with E-state index in [4.69, 9.17) is 0 Å². The van der Waals surface area contributed by atoms with Gasteiger partial charge >= 0.3 is 0 Å². The molecule has 1 unspecified atom stereocenters. The van der Waals surface area contributed by atoms with Gasteiger partial charge in [0.25, 0.3) is 5.91 Å². The maximum absolute atomic E-state index is 12.8. The van der Waals surface area contributed by atoms with Crippen molar-refractivity contribution in [3.8, 4) is 11.8 Å². The fourth-order valence-corrected chi connectivity index (χ4v) is 2.18. The number of nitrogens with zero attached hydrogens (tertiary/aromatic N) is 2. The summed E-state index contributed by atoms with van der Waals surface area (Å²) in [7, 11) is 0. The maximum Gasteiger partial charge on any atom is 0.251 e. The zero-order chi connectivity index (χ0) is 15.2. The summed E-state index contributed by atoms with van der Waals surface area (Å²) in [5.74, 6) is 5.57. The predicted molar refractivity (Wildman–Crippen MR) is 78.0 cm³/mol. The minimum absolute atomic E-state index is 0.216. The van der Waals surface area contributed by atoms with Crippen LogP contribution in [0.25, 0.3) is 0 Å². The largest absolute Gasteiger partial charge is 0.384 e. The van der Waals surface area contributed by atoms with E-state index in [-0.39, 0.29) is 11.7 Å². The van der Waals surface area contributed by atoms with E-state index in [0.717, 1.165) is 18.7 Å². The first-order chi connectivity index (χ1) is 10.1.